The first-order valence-electron chi connectivity index (χ1n) is 10.7. The second-order valence-electron chi connectivity index (χ2n) is 8.11. The highest BCUT2D eigenvalue weighted by Crippen LogP contribution is 2.24. The van der Waals surface area contributed by atoms with Crippen molar-refractivity contribution in [1.82, 2.24) is 16.0 Å². The monoisotopic (exact) mass is 591 g/mol. The Kier molecular flexibility index (Phi) is 10.1. The third-order valence-electron chi connectivity index (χ3n) is 5.06. The highest BCUT2D eigenvalue weighted by molar-refractivity contribution is 9.11. The highest BCUT2D eigenvalue weighted by Gasteiger charge is 2.45. The minimum absolute atomic E-state index is 0.226. The van der Waals surface area contributed by atoms with Gasteiger partial charge in [0.15, 0.2) is 0 Å². The number of Topliss-reactive ketones (excluding diaryl/α,β-unsaturated/α-hetero) is 1. The van der Waals surface area contributed by atoms with E-state index in [1.54, 1.807) is 12.1 Å². The Morgan fingerprint density at radius 2 is 1.53 bits per heavy atom. The van der Waals surface area contributed by atoms with Crippen LogP contribution in [0.1, 0.15) is 42.0 Å². The van der Waals surface area contributed by atoms with Crippen molar-refractivity contribution in [3.05, 3.63) is 50.6 Å². The number of carbonyl (C=O) groups is 4. The van der Waals surface area contributed by atoms with Crippen LogP contribution in [0.25, 0.3) is 0 Å². The number of rotatable bonds is 10. The van der Waals surface area contributed by atoms with Gasteiger partial charge < -0.3 is 20.7 Å². The molecule has 0 unspecified atom stereocenters. The molecular weight excluding hydrogens is 567 g/mol. The lowest BCUT2D eigenvalue weighted by Gasteiger charge is -2.26. The molecule has 0 fully saturated rings. The molecule has 13 heteroatoms. The molecule has 36 heavy (non-hydrogen) atoms. The number of halogens is 4. The van der Waals surface area contributed by atoms with E-state index >= 15 is 0 Å². The third-order valence-corrected chi connectivity index (χ3v) is 6.68. The Labute approximate surface area is 218 Å². The summed E-state index contributed by atoms with van der Waals surface area (Å²) >= 11 is 4.40. The molecule has 0 aliphatic carbocycles. The molecule has 3 atom stereocenters. The van der Waals surface area contributed by atoms with Gasteiger partial charge >= 0.3 is 6.18 Å². The number of amides is 3. The summed E-state index contributed by atoms with van der Waals surface area (Å²) in [6.07, 6.45) is -5.16. The topological polar surface area (TPSA) is 114 Å². The van der Waals surface area contributed by atoms with Crippen LogP contribution >= 0.6 is 27.3 Å². The first kappa shape index (κ1) is 29.3. The van der Waals surface area contributed by atoms with Crippen molar-refractivity contribution < 1.29 is 37.1 Å². The summed E-state index contributed by atoms with van der Waals surface area (Å²) in [6.45, 7) is 4.11. The van der Waals surface area contributed by atoms with E-state index in [0.29, 0.717) is 14.4 Å². The third kappa shape index (κ3) is 7.79. The van der Waals surface area contributed by atoms with Crippen molar-refractivity contribution in [2.45, 2.75) is 45.1 Å². The number of nitrogens with one attached hydrogen (secondary N) is 3. The first-order chi connectivity index (χ1) is 16.7. The lowest BCUT2D eigenvalue weighted by Crippen LogP contribution is -2.54. The van der Waals surface area contributed by atoms with Gasteiger partial charge in [-0.15, -0.1) is 11.3 Å². The Morgan fingerprint density at radius 3 is 2.00 bits per heavy atom. The minimum Gasteiger partial charge on any atom is -0.497 e. The zero-order chi connectivity index (χ0) is 27.2. The molecule has 196 valence electrons. The van der Waals surface area contributed by atoms with Gasteiger partial charge in [0.1, 0.15) is 17.8 Å². The number of alkyl halides is 3. The fourth-order valence-electron chi connectivity index (χ4n) is 3.08. The van der Waals surface area contributed by atoms with E-state index in [2.05, 4.69) is 31.9 Å². The predicted octanol–water partition coefficient (Wildman–Crippen LogP) is 3.77. The van der Waals surface area contributed by atoms with E-state index in [0.717, 1.165) is 11.3 Å². The summed E-state index contributed by atoms with van der Waals surface area (Å²) in [5, 5.41) is 7.07. The molecule has 3 N–H and O–H groups in total. The lowest BCUT2D eigenvalue weighted by molar-refractivity contribution is -0.175. The van der Waals surface area contributed by atoms with E-state index in [-0.39, 0.29) is 5.56 Å². The summed E-state index contributed by atoms with van der Waals surface area (Å²) in [6, 6.07) is 4.73. The summed E-state index contributed by atoms with van der Waals surface area (Å²) in [7, 11) is 1.42. The molecule has 2 rings (SSSR count). The second kappa shape index (κ2) is 12.3. The number of hydrogen-bond acceptors (Lipinski definition) is 6. The van der Waals surface area contributed by atoms with E-state index in [4.69, 9.17) is 4.74 Å². The predicted molar refractivity (Wildman–Crippen MR) is 131 cm³/mol. The fraction of sp³-hybridized carbons (Fsp3) is 0.391. The summed E-state index contributed by atoms with van der Waals surface area (Å²) in [5.41, 5.74) is 0.226. The molecule has 0 aliphatic heterocycles. The zero-order valence-electron chi connectivity index (χ0n) is 19.7. The molecule has 3 amide bonds. The standard InChI is InChI=1S/C23H25BrF3N3O5S/c1-11(2)17(19(31)23(25,26)27)29-22(34)18(13-5-7-14(35-4)8-6-13)30-20(32)12(3)28-21(33)15-9-10-16(24)36-15/h5-12,17-18H,1-4H3,(H,28,33)(H,29,34)(H,30,32)/t12-,17+,18+/m1/s1. The van der Waals surface area contributed by atoms with Gasteiger partial charge in [-0.25, -0.2) is 0 Å². The average Bonchev–Trinajstić information content (AvgIpc) is 3.25. The van der Waals surface area contributed by atoms with Crippen LogP contribution in [0.4, 0.5) is 13.2 Å². The number of methoxy groups -OCH3 is 1. The SMILES string of the molecule is COc1ccc([C@H](NC(=O)[C@@H](C)NC(=O)c2ccc(Br)s2)C(=O)N[C@H](C(=O)C(F)(F)F)C(C)C)cc1. The van der Waals surface area contributed by atoms with Gasteiger partial charge in [0.05, 0.1) is 21.8 Å². The van der Waals surface area contributed by atoms with Gasteiger partial charge in [0.25, 0.3) is 11.7 Å². The smallest absolute Gasteiger partial charge is 0.452 e. The Morgan fingerprint density at radius 1 is 0.917 bits per heavy atom. The van der Waals surface area contributed by atoms with Gasteiger partial charge in [-0.2, -0.15) is 13.2 Å². The number of carbonyl (C=O) groups excluding carboxylic acids is 4. The van der Waals surface area contributed by atoms with Crippen molar-refractivity contribution in [3.63, 3.8) is 0 Å². The molecular formula is C23H25BrF3N3O5S. The van der Waals surface area contributed by atoms with Crippen molar-refractivity contribution >= 4 is 50.8 Å². The Hall–Kier alpha value is -2.93. The maximum atomic E-state index is 13.1. The number of hydrogen-bond donors (Lipinski definition) is 3. The maximum Gasteiger partial charge on any atom is 0.452 e. The Bertz CT molecular complexity index is 1110. The van der Waals surface area contributed by atoms with E-state index in [1.807, 2.05) is 0 Å². The van der Waals surface area contributed by atoms with Crippen LogP contribution in [0.5, 0.6) is 5.75 Å². The molecule has 8 nitrogen and oxygen atoms in total. The number of ether oxygens (including phenoxy) is 1. The molecule has 1 heterocycles. The fourth-order valence-corrected chi connectivity index (χ4v) is 4.37. The Balaban J connectivity index is 2.26. The van der Waals surface area contributed by atoms with Crippen LogP contribution in [0.2, 0.25) is 0 Å². The summed E-state index contributed by atoms with van der Waals surface area (Å²) < 4.78 is 45.0. The van der Waals surface area contributed by atoms with E-state index in [1.165, 1.54) is 52.1 Å². The first-order valence-corrected chi connectivity index (χ1v) is 12.3. The lowest BCUT2D eigenvalue weighted by atomic mass is 9.97. The van der Waals surface area contributed by atoms with E-state index < -0.39 is 53.7 Å². The zero-order valence-corrected chi connectivity index (χ0v) is 22.1. The van der Waals surface area contributed by atoms with Gasteiger partial charge in [-0.1, -0.05) is 26.0 Å². The molecule has 0 bridgehead atoms. The van der Waals surface area contributed by atoms with Crippen LogP contribution < -0.4 is 20.7 Å². The van der Waals surface area contributed by atoms with E-state index in [9.17, 15) is 32.3 Å². The minimum atomic E-state index is -5.16. The normalized spacial score (nSPS) is 13.9. The molecule has 0 spiro atoms. The van der Waals surface area contributed by atoms with Crippen LogP contribution in [0.15, 0.2) is 40.2 Å². The van der Waals surface area contributed by atoms with Crippen molar-refractivity contribution in [2.75, 3.05) is 7.11 Å². The summed E-state index contributed by atoms with van der Waals surface area (Å²) in [4.78, 5) is 50.5. The van der Waals surface area contributed by atoms with Crippen LogP contribution in [0.3, 0.4) is 0 Å². The molecule has 1 aromatic carbocycles. The van der Waals surface area contributed by atoms with Crippen LogP contribution in [-0.2, 0) is 14.4 Å². The molecule has 0 saturated carbocycles. The van der Waals surface area contributed by atoms with Crippen LogP contribution in [-0.4, -0.2) is 48.9 Å². The average molecular weight is 592 g/mol. The van der Waals surface area contributed by atoms with Crippen LogP contribution in [0, 0.1) is 5.92 Å². The maximum absolute atomic E-state index is 13.1. The van der Waals surface area contributed by atoms with Gasteiger partial charge in [0, 0.05) is 0 Å². The molecule has 1 aromatic heterocycles. The van der Waals surface area contributed by atoms with Crippen molar-refractivity contribution in [2.24, 2.45) is 5.92 Å². The van der Waals surface area contributed by atoms with Gasteiger partial charge in [0.2, 0.25) is 11.8 Å². The molecule has 2 aromatic rings. The molecule has 0 aliphatic rings. The van der Waals surface area contributed by atoms with Gasteiger partial charge in [-0.3, -0.25) is 19.2 Å². The second-order valence-corrected chi connectivity index (χ2v) is 10.6. The quantitative estimate of drug-likeness (QED) is 0.389. The summed E-state index contributed by atoms with van der Waals surface area (Å²) in [5.74, 6) is -4.84. The number of ketones is 1. The number of benzene rings is 1. The van der Waals surface area contributed by atoms with Crippen molar-refractivity contribution in [1.29, 1.82) is 0 Å². The van der Waals surface area contributed by atoms with Crippen molar-refractivity contribution in [3.8, 4) is 5.75 Å². The van der Waals surface area contributed by atoms with Gasteiger partial charge in [-0.05, 0) is 58.6 Å². The largest absolute Gasteiger partial charge is 0.497 e. The highest BCUT2D eigenvalue weighted by atomic mass is 79.9. The number of thiophene rings is 1. The molecule has 0 radical (unpaired) electrons. The molecule has 0 saturated heterocycles.